The summed E-state index contributed by atoms with van der Waals surface area (Å²) in [6.07, 6.45) is 0.318. The summed E-state index contributed by atoms with van der Waals surface area (Å²) >= 11 is 12.0. The molecule has 1 unspecified atom stereocenters. The van der Waals surface area contributed by atoms with Crippen LogP contribution in [0.15, 0.2) is 0 Å². The van der Waals surface area contributed by atoms with Gasteiger partial charge < -0.3 is 4.74 Å². The van der Waals surface area contributed by atoms with Gasteiger partial charge in [0.1, 0.15) is 0 Å². The largest absolute Gasteiger partial charge is 0.345 e. The van der Waals surface area contributed by atoms with E-state index in [4.69, 9.17) is 32.1 Å². The summed E-state index contributed by atoms with van der Waals surface area (Å²) in [5.41, 5.74) is 0. The summed E-state index contributed by atoms with van der Waals surface area (Å²) in [7, 11) is -3.63. The van der Waals surface area contributed by atoms with E-state index in [-0.39, 0.29) is 12.0 Å². The maximum absolute atomic E-state index is 11.0. The predicted octanol–water partition coefficient (Wildman–Crippen LogP) is 1.91. The first-order valence-electron chi connectivity index (χ1n) is 4.60. The number of hydrogen-bond acceptors (Lipinski definition) is 4. The van der Waals surface area contributed by atoms with Crippen LogP contribution in [0.1, 0.15) is 20.3 Å². The van der Waals surface area contributed by atoms with Crippen LogP contribution in [0.5, 0.6) is 0 Å². The second kappa shape index (κ2) is 4.37. The molecule has 0 saturated carbocycles. The number of hydrogen-bond donors (Lipinski definition) is 0. The van der Waals surface area contributed by atoms with Crippen molar-refractivity contribution < 1.29 is 17.3 Å². The monoisotopic (exact) mass is 276 g/mol. The van der Waals surface area contributed by atoms with Gasteiger partial charge in [-0.3, -0.25) is 0 Å². The topological polar surface area (TPSA) is 52.6 Å². The molecule has 0 aromatic rings. The lowest BCUT2D eigenvalue weighted by molar-refractivity contribution is -0.0736. The van der Waals surface area contributed by atoms with E-state index in [1.807, 2.05) is 6.92 Å². The summed E-state index contributed by atoms with van der Waals surface area (Å²) in [6.45, 7) is 3.72. The minimum absolute atomic E-state index is 0.183. The predicted molar refractivity (Wildman–Crippen MR) is 58.5 cm³/mol. The van der Waals surface area contributed by atoms with E-state index in [2.05, 4.69) is 0 Å². The van der Waals surface area contributed by atoms with E-state index in [1.54, 1.807) is 6.92 Å². The van der Waals surface area contributed by atoms with Gasteiger partial charge in [-0.1, -0.05) is 37.0 Å². The third kappa shape index (κ3) is 2.97. The van der Waals surface area contributed by atoms with Crippen LogP contribution in [-0.4, -0.2) is 31.4 Å². The first-order valence-corrected chi connectivity index (χ1v) is 7.17. The van der Waals surface area contributed by atoms with E-state index in [1.165, 1.54) is 0 Å². The molecule has 7 heteroatoms. The summed E-state index contributed by atoms with van der Waals surface area (Å²) in [4.78, 5) is 0. The van der Waals surface area contributed by atoms with Gasteiger partial charge in [-0.25, -0.2) is 4.18 Å². The van der Waals surface area contributed by atoms with Crippen molar-refractivity contribution in [1.29, 1.82) is 0 Å². The van der Waals surface area contributed by atoms with Crippen LogP contribution in [0.25, 0.3) is 0 Å². The summed E-state index contributed by atoms with van der Waals surface area (Å²) < 4.78 is 30.6. The van der Waals surface area contributed by atoms with Crippen molar-refractivity contribution in [2.75, 3.05) is 6.26 Å². The third-order valence-electron chi connectivity index (χ3n) is 2.44. The molecule has 0 aliphatic carbocycles. The lowest BCUT2D eigenvalue weighted by Crippen LogP contribution is -2.34. The molecule has 0 radical (unpaired) electrons. The van der Waals surface area contributed by atoms with Gasteiger partial charge in [-0.2, -0.15) is 8.42 Å². The molecule has 1 saturated heterocycles. The van der Waals surface area contributed by atoms with Crippen LogP contribution in [-0.2, 0) is 19.0 Å². The average molecular weight is 277 g/mol. The van der Waals surface area contributed by atoms with Crippen molar-refractivity contribution in [3.8, 4) is 0 Å². The molecule has 1 fully saturated rings. The smallest absolute Gasteiger partial charge is 0.266 e. The zero-order valence-electron chi connectivity index (χ0n) is 8.74. The van der Waals surface area contributed by atoms with E-state index in [0.29, 0.717) is 6.42 Å². The molecule has 1 aliphatic heterocycles. The molecule has 1 rings (SSSR count). The molecule has 3 atom stereocenters. The normalized spacial score (nSPS) is 35.7. The van der Waals surface area contributed by atoms with Gasteiger partial charge >= 0.3 is 0 Å². The lowest BCUT2D eigenvalue weighted by atomic mass is 10.0. The summed E-state index contributed by atoms with van der Waals surface area (Å²) in [6, 6.07) is 0. The van der Waals surface area contributed by atoms with Crippen molar-refractivity contribution in [2.45, 2.75) is 37.0 Å². The molecule has 90 valence electrons. The van der Waals surface area contributed by atoms with Crippen molar-refractivity contribution in [2.24, 2.45) is 5.92 Å². The third-order valence-corrected chi connectivity index (χ3v) is 4.01. The fourth-order valence-corrected chi connectivity index (χ4v) is 2.62. The second-order valence-electron chi connectivity index (χ2n) is 3.68. The summed E-state index contributed by atoms with van der Waals surface area (Å²) in [5.74, 6) is -0.183. The molecule has 0 amide bonds. The Bertz CT molecular complexity index is 328. The van der Waals surface area contributed by atoms with Crippen LogP contribution in [0.2, 0.25) is 0 Å². The van der Waals surface area contributed by atoms with Crippen molar-refractivity contribution in [3.63, 3.8) is 0 Å². The molecular weight excluding hydrogens is 263 g/mol. The van der Waals surface area contributed by atoms with Crippen molar-refractivity contribution in [3.05, 3.63) is 0 Å². The van der Waals surface area contributed by atoms with E-state index >= 15 is 0 Å². The van der Waals surface area contributed by atoms with Gasteiger partial charge in [0.05, 0.1) is 12.4 Å². The van der Waals surface area contributed by atoms with E-state index in [9.17, 15) is 8.42 Å². The maximum atomic E-state index is 11.0. The zero-order valence-corrected chi connectivity index (χ0v) is 11.1. The molecule has 0 N–H and O–H groups in total. The van der Waals surface area contributed by atoms with Gasteiger partial charge in [0.15, 0.2) is 4.33 Å². The zero-order chi connectivity index (χ0) is 11.9. The van der Waals surface area contributed by atoms with E-state index < -0.39 is 20.7 Å². The van der Waals surface area contributed by atoms with Crippen LogP contribution in [0.4, 0.5) is 0 Å². The molecule has 15 heavy (non-hydrogen) atoms. The molecular formula is C8H14Cl2O4S. The van der Waals surface area contributed by atoms with Crippen molar-refractivity contribution >= 4 is 33.3 Å². The van der Waals surface area contributed by atoms with Crippen molar-refractivity contribution in [1.82, 2.24) is 0 Å². The van der Waals surface area contributed by atoms with Gasteiger partial charge in [0.2, 0.25) is 6.29 Å². The molecule has 1 aliphatic rings. The summed E-state index contributed by atoms with van der Waals surface area (Å²) in [5, 5.41) is 0. The molecule has 0 spiro atoms. The lowest BCUT2D eigenvalue weighted by Gasteiger charge is -2.22. The van der Waals surface area contributed by atoms with Gasteiger partial charge in [0.25, 0.3) is 10.1 Å². The quantitative estimate of drug-likeness (QED) is 0.584. The molecule has 4 nitrogen and oxygen atoms in total. The highest BCUT2D eigenvalue weighted by atomic mass is 35.5. The first kappa shape index (κ1) is 13.5. The minimum atomic E-state index is -3.63. The Labute approximate surface area is 100.0 Å². The Balaban J connectivity index is 2.84. The minimum Gasteiger partial charge on any atom is -0.345 e. The molecule has 0 bridgehead atoms. The Hall–Kier alpha value is 0.450. The molecule has 0 aromatic carbocycles. The second-order valence-corrected chi connectivity index (χ2v) is 6.72. The fraction of sp³-hybridized carbons (Fsp3) is 1.00. The van der Waals surface area contributed by atoms with Crippen LogP contribution in [0, 0.1) is 5.92 Å². The van der Waals surface area contributed by atoms with Gasteiger partial charge in [0, 0.05) is 5.92 Å². The number of halogens is 2. The Morgan fingerprint density at radius 3 is 2.33 bits per heavy atom. The van der Waals surface area contributed by atoms with Gasteiger partial charge in [-0.05, 0) is 6.42 Å². The fourth-order valence-electron chi connectivity index (χ4n) is 1.53. The maximum Gasteiger partial charge on any atom is 0.266 e. The SMILES string of the molecule is CC[C@H]1OC(OS(C)(=O)=O)C(Cl)(Cl)[C@@H]1C. The first-order chi connectivity index (χ1) is 6.68. The Morgan fingerprint density at radius 2 is 2.00 bits per heavy atom. The average Bonchev–Trinajstić information content (AvgIpc) is 2.26. The van der Waals surface area contributed by atoms with Crippen LogP contribution in [0.3, 0.4) is 0 Å². The van der Waals surface area contributed by atoms with Crippen LogP contribution >= 0.6 is 23.2 Å². The molecule has 0 aromatic heterocycles. The number of rotatable bonds is 3. The number of alkyl halides is 2. The standard InChI is InChI=1S/C8H14Cl2O4S/c1-4-6-5(2)8(9,10)7(13-6)14-15(3,11)12/h5-7H,4H2,1-3H3/t5-,6-,7?/m1/s1. The Morgan fingerprint density at radius 1 is 1.47 bits per heavy atom. The highest BCUT2D eigenvalue weighted by molar-refractivity contribution is 7.86. The molecule has 1 heterocycles. The van der Waals surface area contributed by atoms with Crippen LogP contribution < -0.4 is 0 Å². The van der Waals surface area contributed by atoms with Gasteiger partial charge in [-0.15, -0.1) is 0 Å². The highest BCUT2D eigenvalue weighted by Gasteiger charge is 2.54. The number of ether oxygens (including phenoxy) is 1. The highest BCUT2D eigenvalue weighted by Crippen LogP contribution is 2.46. The van der Waals surface area contributed by atoms with E-state index in [0.717, 1.165) is 6.26 Å². The Kier molecular flexibility index (Phi) is 3.94.